The normalized spacial score (nSPS) is 32.8. The van der Waals surface area contributed by atoms with Gasteiger partial charge in [-0.2, -0.15) is 0 Å². The summed E-state index contributed by atoms with van der Waals surface area (Å²) in [5, 5.41) is 15.6. The molecule has 0 aromatic rings. The number of aliphatic carboxylic acids is 1. The van der Waals surface area contributed by atoms with Crippen LogP contribution in [0.25, 0.3) is 0 Å². The van der Waals surface area contributed by atoms with Crippen molar-refractivity contribution in [3.8, 4) is 0 Å². The number of amides is 1. The van der Waals surface area contributed by atoms with Crippen molar-refractivity contribution in [2.24, 2.45) is 11.8 Å². The topological polar surface area (TPSA) is 87.7 Å². The molecule has 1 aliphatic carbocycles. The van der Waals surface area contributed by atoms with Gasteiger partial charge >= 0.3 is 5.97 Å². The van der Waals surface area contributed by atoms with Crippen molar-refractivity contribution in [1.29, 1.82) is 0 Å². The Morgan fingerprint density at radius 3 is 2.62 bits per heavy atom. The van der Waals surface area contributed by atoms with Gasteiger partial charge in [-0.15, -0.1) is 0 Å². The summed E-state index contributed by atoms with van der Waals surface area (Å²) in [4.78, 5) is 23.7. The number of carbonyl (C=O) groups is 2. The third kappa shape index (κ3) is 4.17. The molecule has 1 amide bonds. The zero-order chi connectivity index (χ0) is 15.2. The number of hydrogen-bond donors (Lipinski definition) is 3. The third-order valence-corrected chi connectivity index (χ3v) is 4.48. The highest BCUT2D eigenvalue weighted by Crippen LogP contribution is 2.25. The summed E-state index contributed by atoms with van der Waals surface area (Å²) in [6, 6.07) is -0.201. The fourth-order valence-electron chi connectivity index (χ4n) is 3.23. The fourth-order valence-corrected chi connectivity index (χ4v) is 3.23. The molecule has 120 valence electrons. The van der Waals surface area contributed by atoms with E-state index in [4.69, 9.17) is 4.74 Å². The van der Waals surface area contributed by atoms with Crippen LogP contribution in [0.3, 0.4) is 0 Å². The summed E-state index contributed by atoms with van der Waals surface area (Å²) < 4.78 is 5.41. The van der Waals surface area contributed by atoms with Crippen LogP contribution in [0.15, 0.2) is 0 Å². The van der Waals surface area contributed by atoms with Gasteiger partial charge in [-0.25, -0.2) is 0 Å². The molecule has 1 heterocycles. The van der Waals surface area contributed by atoms with Gasteiger partial charge in [-0.3, -0.25) is 9.59 Å². The first-order valence-corrected chi connectivity index (χ1v) is 7.97. The van der Waals surface area contributed by atoms with Gasteiger partial charge in [0, 0.05) is 12.1 Å². The van der Waals surface area contributed by atoms with Crippen molar-refractivity contribution in [2.45, 2.75) is 51.1 Å². The van der Waals surface area contributed by atoms with E-state index in [1.165, 1.54) is 0 Å². The molecule has 0 aromatic heterocycles. The lowest BCUT2D eigenvalue weighted by Gasteiger charge is -2.30. The number of carboxylic acids is 1. The van der Waals surface area contributed by atoms with E-state index in [0.717, 1.165) is 32.2 Å². The molecule has 0 bridgehead atoms. The Morgan fingerprint density at radius 1 is 1.14 bits per heavy atom. The number of carboxylic acid groups (broad SMARTS) is 1. The lowest BCUT2D eigenvalue weighted by molar-refractivity contribution is -0.144. The molecule has 6 nitrogen and oxygen atoms in total. The second-order valence-electron chi connectivity index (χ2n) is 6.05. The van der Waals surface area contributed by atoms with Crippen LogP contribution in [0.1, 0.15) is 39.0 Å². The van der Waals surface area contributed by atoms with Crippen molar-refractivity contribution >= 4 is 11.9 Å². The molecule has 2 aliphatic rings. The first kappa shape index (κ1) is 16.2. The molecular formula is C15H26N2O4. The highest BCUT2D eigenvalue weighted by molar-refractivity contribution is 5.81. The Hall–Kier alpha value is -1.14. The second kappa shape index (κ2) is 7.75. The molecule has 2 fully saturated rings. The van der Waals surface area contributed by atoms with E-state index in [-0.39, 0.29) is 23.9 Å². The van der Waals surface area contributed by atoms with Crippen molar-refractivity contribution in [3.63, 3.8) is 0 Å². The van der Waals surface area contributed by atoms with Crippen LogP contribution in [0.4, 0.5) is 0 Å². The smallest absolute Gasteiger partial charge is 0.308 e. The Morgan fingerprint density at radius 2 is 1.90 bits per heavy atom. The molecule has 4 atom stereocenters. The van der Waals surface area contributed by atoms with E-state index < -0.39 is 11.9 Å². The van der Waals surface area contributed by atoms with E-state index in [1.54, 1.807) is 0 Å². The molecule has 0 aromatic carbocycles. The van der Waals surface area contributed by atoms with Gasteiger partial charge < -0.3 is 20.5 Å². The first-order valence-electron chi connectivity index (χ1n) is 7.97. The number of hydrogen-bond acceptors (Lipinski definition) is 4. The van der Waals surface area contributed by atoms with Crippen molar-refractivity contribution in [2.75, 3.05) is 19.8 Å². The minimum absolute atomic E-state index is 0.0387. The Kier molecular flexibility index (Phi) is 5.99. The summed E-state index contributed by atoms with van der Waals surface area (Å²) in [7, 11) is 0. The summed E-state index contributed by atoms with van der Waals surface area (Å²) in [5.74, 6) is -1.54. The van der Waals surface area contributed by atoms with E-state index in [0.29, 0.717) is 19.6 Å². The minimum Gasteiger partial charge on any atom is -0.481 e. The maximum Gasteiger partial charge on any atom is 0.308 e. The van der Waals surface area contributed by atoms with Gasteiger partial charge in [0.25, 0.3) is 0 Å². The van der Waals surface area contributed by atoms with Gasteiger partial charge in [0.15, 0.2) is 0 Å². The SMILES string of the molecule is CCCNC1COCC1C(=O)NC1CCCCC1C(=O)O. The quantitative estimate of drug-likeness (QED) is 0.674. The van der Waals surface area contributed by atoms with Crippen LogP contribution in [-0.4, -0.2) is 48.8 Å². The lowest BCUT2D eigenvalue weighted by Crippen LogP contribution is -2.51. The van der Waals surface area contributed by atoms with E-state index >= 15 is 0 Å². The number of rotatable bonds is 6. The molecule has 0 radical (unpaired) electrons. The predicted octanol–water partition coefficient (Wildman–Crippen LogP) is 0.761. The fraction of sp³-hybridized carbons (Fsp3) is 0.867. The summed E-state index contributed by atoms with van der Waals surface area (Å²) >= 11 is 0. The summed E-state index contributed by atoms with van der Waals surface area (Å²) in [6.07, 6.45) is 4.32. The molecule has 21 heavy (non-hydrogen) atoms. The molecule has 0 spiro atoms. The van der Waals surface area contributed by atoms with Crippen LogP contribution in [-0.2, 0) is 14.3 Å². The summed E-state index contributed by atoms with van der Waals surface area (Å²) in [5.41, 5.74) is 0. The Balaban J connectivity index is 1.91. The second-order valence-corrected chi connectivity index (χ2v) is 6.05. The maximum atomic E-state index is 12.4. The van der Waals surface area contributed by atoms with Gasteiger partial charge in [0.1, 0.15) is 0 Å². The monoisotopic (exact) mass is 298 g/mol. The van der Waals surface area contributed by atoms with Crippen LogP contribution >= 0.6 is 0 Å². The highest BCUT2D eigenvalue weighted by Gasteiger charge is 2.37. The van der Waals surface area contributed by atoms with Crippen molar-refractivity contribution < 1.29 is 19.4 Å². The number of carbonyl (C=O) groups excluding carboxylic acids is 1. The maximum absolute atomic E-state index is 12.4. The van der Waals surface area contributed by atoms with Crippen LogP contribution in [0, 0.1) is 11.8 Å². The first-order chi connectivity index (χ1) is 10.1. The molecular weight excluding hydrogens is 272 g/mol. The molecule has 6 heteroatoms. The van der Waals surface area contributed by atoms with Gasteiger partial charge in [-0.1, -0.05) is 19.8 Å². The Bertz CT molecular complexity index is 375. The molecule has 1 saturated carbocycles. The average molecular weight is 298 g/mol. The van der Waals surface area contributed by atoms with Crippen LogP contribution in [0.2, 0.25) is 0 Å². The minimum atomic E-state index is -0.802. The molecule has 2 rings (SSSR count). The predicted molar refractivity (Wildman–Crippen MR) is 77.9 cm³/mol. The zero-order valence-corrected chi connectivity index (χ0v) is 12.6. The molecule has 3 N–H and O–H groups in total. The van der Waals surface area contributed by atoms with E-state index in [2.05, 4.69) is 17.6 Å². The van der Waals surface area contributed by atoms with Gasteiger partial charge in [0.05, 0.1) is 25.0 Å². The highest BCUT2D eigenvalue weighted by atomic mass is 16.5. The number of ether oxygens (including phenoxy) is 1. The number of nitrogens with one attached hydrogen (secondary N) is 2. The van der Waals surface area contributed by atoms with Crippen LogP contribution < -0.4 is 10.6 Å². The zero-order valence-electron chi connectivity index (χ0n) is 12.6. The van der Waals surface area contributed by atoms with E-state index in [9.17, 15) is 14.7 Å². The average Bonchev–Trinajstić information content (AvgIpc) is 2.94. The lowest BCUT2D eigenvalue weighted by atomic mass is 9.84. The standard InChI is InChI=1S/C15H26N2O4/c1-2-7-16-13-9-21-8-11(13)14(18)17-12-6-4-3-5-10(12)15(19)20/h10-13,16H,2-9H2,1H3,(H,17,18)(H,19,20). The molecule has 1 saturated heterocycles. The largest absolute Gasteiger partial charge is 0.481 e. The van der Waals surface area contributed by atoms with E-state index in [1.807, 2.05) is 0 Å². The Labute approximate surface area is 125 Å². The molecule has 1 aliphatic heterocycles. The summed E-state index contributed by atoms with van der Waals surface area (Å²) in [6.45, 7) is 3.90. The van der Waals surface area contributed by atoms with Gasteiger partial charge in [0.2, 0.25) is 5.91 Å². The van der Waals surface area contributed by atoms with Crippen molar-refractivity contribution in [1.82, 2.24) is 10.6 Å². The van der Waals surface area contributed by atoms with Gasteiger partial charge in [-0.05, 0) is 25.8 Å². The third-order valence-electron chi connectivity index (χ3n) is 4.48. The van der Waals surface area contributed by atoms with Crippen molar-refractivity contribution in [3.05, 3.63) is 0 Å². The molecule has 4 unspecified atom stereocenters. The van der Waals surface area contributed by atoms with Crippen LogP contribution in [0.5, 0.6) is 0 Å².